The van der Waals surface area contributed by atoms with Gasteiger partial charge < -0.3 is 14.6 Å². The molecule has 0 unspecified atom stereocenters. The number of halogens is 1. The molecule has 0 amide bonds. The number of aryl methyl sites for hydroxylation is 1. The maximum Gasteiger partial charge on any atom is 0.303 e. The lowest BCUT2D eigenvalue weighted by Gasteiger charge is -2.10. The Labute approximate surface area is 167 Å². The quantitative estimate of drug-likeness (QED) is 0.624. The minimum Gasteiger partial charge on any atom is -0.497 e. The van der Waals surface area contributed by atoms with Crippen molar-refractivity contribution in [1.29, 1.82) is 0 Å². The van der Waals surface area contributed by atoms with Gasteiger partial charge in [0.2, 0.25) is 0 Å². The van der Waals surface area contributed by atoms with Crippen molar-refractivity contribution in [3.8, 4) is 11.5 Å². The van der Waals surface area contributed by atoms with E-state index >= 15 is 0 Å². The third-order valence-corrected chi connectivity index (χ3v) is 6.31. The average Bonchev–Trinajstić information content (AvgIpc) is 3.04. The summed E-state index contributed by atoms with van der Waals surface area (Å²) in [6.45, 7) is 0. The zero-order valence-electron chi connectivity index (χ0n) is 15.2. The van der Waals surface area contributed by atoms with E-state index < -0.39 is 16.0 Å². The number of methoxy groups -OCH3 is 2. The van der Waals surface area contributed by atoms with E-state index in [0.29, 0.717) is 28.0 Å². The number of rotatable bonds is 7. The Morgan fingerprint density at radius 3 is 2.50 bits per heavy atom. The molecule has 0 aliphatic rings. The van der Waals surface area contributed by atoms with E-state index in [9.17, 15) is 13.2 Å². The molecule has 0 aliphatic carbocycles. The average molecular weight is 424 g/mol. The summed E-state index contributed by atoms with van der Waals surface area (Å²) in [5.74, 6) is -0.0508. The van der Waals surface area contributed by atoms with Crippen molar-refractivity contribution in [1.82, 2.24) is 3.97 Å². The van der Waals surface area contributed by atoms with Gasteiger partial charge in [-0.3, -0.25) is 4.79 Å². The molecular weight excluding hydrogens is 406 g/mol. The molecule has 0 radical (unpaired) electrons. The molecule has 3 rings (SSSR count). The number of aliphatic carboxylic acids is 1. The standard InChI is InChI=1S/C19H18ClNO6S/c1-26-13-4-6-17-15(9-13)12(3-8-19(22)23)11-21(17)28(24,25)14-5-7-18(27-2)16(20)10-14/h4-7,9-11H,3,8H2,1-2H3,(H,22,23). The normalized spacial score (nSPS) is 11.5. The molecule has 0 atom stereocenters. The van der Waals surface area contributed by atoms with Gasteiger partial charge in [0.1, 0.15) is 11.5 Å². The molecule has 0 spiro atoms. The molecule has 7 nitrogen and oxygen atoms in total. The van der Waals surface area contributed by atoms with E-state index in [4.69, 9.17) is 26.2 Å². The predicted octanol–water partition coefficient (Wildman–Crippen LogP) is 3.57. The van der Waals surface area contributed by atoms with Gasteiger partial charge >= 0.3 is 5.97 Å². The molecular formula is C19H18ClNO6S. The fraction of sp³-hybridized carbons (Fsp3) is 0.211. The zero-order chi connectivity index (χ0) is 20.5. The first-order chi connectivity index (χ1) is 13.3. The van der Waals surface area contributed by atoms with Gasteiger partial charge in [0.25, 0.3) is 10.0 Å². The number of carbonyl (C=O) groups is 1. The summed E-state index contributed by atoms with van der Waals surface area (Å²) in [5.41, 5.74) is 1.02. The molecule has 28 heavy (non-hydrogen) atoms. The highest BCUT2D eigenvalue weighted by Gasteiger charge is 2.23. The number of aromatic nitrogens is 1. The van der Waals surface area contributed by atoms with Gasteiger partial charge in [-0.25, -0.2) is 12.4 Å². The predicted molar refractivity (Wildman–Crippen MR) is 105 cm³/mol. The SMILES string of the molecule is COc1ccc2c(c1)c(CCC(=O)O)cn2S(=O)(=O)c1ccc(OC)c(Cl)c1. The van der Waals surface area contributed by atoms with E-state index in [-0.39, 0.29) is 22.8 Å². The van der Waals surface area contributed by atoms with Crippen LogP contribution in [-0.2, 0) is 21.2 Å². The zero-order valence-corrected chi connectivity index (χ0v) is 16.7. The smallest absolute Gasteiger partial charge is 0.303 e. The second kappa shape index (κ2) is 7.73. The third-order valence-electron chi connectivity index (χ3n) is 4.35. The second-order valence-corrected chi connectivity index (χ2v) is 8.25. The van der Waals surface area contributed by atoms with Crippen LogP contribution in [0.5, 0.6) is 11.5 Å². The molecule has 3 aromatic rings. The highest BCUT2D eigenvalue weighted by atomic mass is 35.5. The monoisotopic (exact) mass is 423 g/mol. The molecule has 0 saturated heterocycles. The Morgan fingerprint density at radius 1 is 1.14 bits per heavy atom. The van der Waals surface area contributed by atoms with Crippen molar-refractivity contribution in [2.45, 2.75) is 17.7 Å². The van der Waals surface area contributed by atoms with Crippen molar-refractivity contribution in [2.24, 2.45) is 0 Å². The lowest BCUT2D eigenvalue weighted by molar-refractivity contribution is -0.136. The van der Waals surface area contributed by atoms with E-state index in [2.05, 4.69) is 0 Å². The molecule has 1 N–H and O–H groups in total. The fourth-order valence-corrected chi connectivity index (χ4v) is 4.67. The summed E-state index contributed by atoms with van der Waals surface area (Å²) >= 11 is 6.09. The lowest BCUT2D eigenvalue weighted by atomic mass is 10.1. The van der Waals surface area contributed by atoms with Crippen LogP contribution in [0.2, 0.25) is 5.02 Å². The number of fused-ring (bicyclic) bond motifs is 1. The molecule has 2 aromatic carbocycles. The molecule has 0 fully saturated rings. The van der Waals surface area contributed by atoms with Crippen LogP contribution in [0.4, 0.5) is 0 Å². The summed E-state index contributed by atoms with van der Waals surface area (Å²) in [6, 6.07) is 9.18. The van der Waals surface area contributed by atoms with Gasteiger partial charge in [-0.2, -0.15) is 0 Å². The number of ether oxygens (including phenoxy) is 2. The van der Waals surface area contributed by atoms with Crippen molar-refractivity contribution in [3.63, 3.8) is 0 Å². The van der Waals surface area contributed by atoms with Crippen molar-refractivity contribution in [3.05, 3.63) is 53.2 Å². The Kier molecular flexibility index (Phi) is 5.53. The molecule has 0 bridgehead atoms. The topological polar surface area (TPSA) is 94.8 Å². The first-order valence-electron chi connectivity index (χ1n) is 8.27. The summed E-state index contributed by atoms with van der Waals surface area (Å²) in [6.07, 6.45) is 1.51. The van der Waals surface area contributed by atoms with Crippen LogP contribution in [0.3, 0.4) is 0 Å². The van der Waals surface area contributed by atoms with Crippen LogP contribution >= 0.6 is 11.6 Å². The largest absolute Gasteiger partial charge is 0.497 e. The van der Waals surface area contributed by atoms with Gasteiger partial charge in [-0.05, 0) is 48.4 Å². The Balaban J connectivity index is 2.18. The van der Waals surface area contributed by atoms with Crippen LogP contribution in [0.15, 0.2) is 47.5 Å². The van der Waals surface area contributed by atoms with Crippen LogP contribution in [-0.4, -0.2) is 37.7 Å². The Bertz CT molecular complexity index is 1150. The number of hydrogen-bond acceptors (Lipinski definition) is 5. The summed E-state index contributed by atoms with van der Waals surface area (Å²) in [7, 11) is -1.02. The van der Waals surface area contributed by atoms with Crippen LogP contribution in [0.25, 0.3) is 10.9 Å². The highest BCUT2D eigenvalue weighted by molar-refractivity contribution is 7.90. The third kappa shape index (κ3) is 3.65. The summed E-state index contributed by atoms with van der Waals surface area (Å²) < 4.78 is 37.9. The van der Waals surface area contributed by atoms with Crippen LogP contribution in [0, 0.1) is 0 Å². The van der Waals surface area contributed by atoms with Gasteiger partial charge in [0.05, 0.1) is 29.7 Å². The number of benzene rings is 2. The number of carboxylic acids is 1. The van der Waals surface area contributed by atoms with Gasteiger partial charge in [0.15, 0.2) is 0 Å². The fourth-order valence-electron chi connectivity index (χ4n) is 2.93. The highest BCUT2D eigenvalue weighted by Crippen LogP contribution is 2.32. The molecule has 1 heterocycles. The maximum atomic E-state index is 13.2. The van der Waals surface area contributed by atoms with Crippen molar-refractivity contribution < 1.29 is 27.8 Å². The van der Waals surface area contributed by atoms with Gasteiger partial charge in [-0.15, -0.1) is 0 Å². The van der Waals surface area contributed by atoms with Gasteiger partial charge in [0, 0.05) is 18.0 Å². The number of hydrogen-bond donors (Lipinski definition) is 1. The molecule has 9 heteroatoms. The van der Waals surface area contributed by atoms with Crippen molar-refractivity contribution >= 4 is 38.5 Å². The first-order valence-corrected chi connectivity index (χ1v) is 10.1. The second-order valence-electron chi connectivity index (χ2n) is 6.03. The Morgan fingerprint density at radius 2 is 1.89 bits per heavy atom. The molecule has 0 saturated carbocycles. The van der Waals surface area contributed by atoms with Gasteiger partial charge in [-0.1, -0.05) is 11.6 Å². The molecule has 1 aromatic heterocycles. The molecule has 148 valence electrons. The van der Waals surface area contributed by atoms with Crippen molar-refractivity contribution in [2.75, 3.05) is 14.2 Å². The lowest BCUT2D eigenvalue weighted by Crippen LogP contribution is -2.12. The van der Waals surface area contributed by atoms with E-state index in [0.717, 1.165) is 3.97 Å². The number of carboxylic acid groups (broad SMARTS) is 1. The van der Waals surface area contributed by atoms with E-state index in [1.165, 1.54) is 38.6 Å². The van der Waals surface area contributed by atoms with Crippen LogP contribution < -0.4 is 9.47 Å². The minimum atomic E-state index is -3.96. The molecule has 0 aliphatic heterocycles. The maximum absolute atomic E-state index is 13.2. The first kappa shape index (κ1) is 20.0. The summed E-state index contributed by atoms with van der Waals surface area (Å²) in [4.78, 5) is 11.0. The van der Waals surface area contributed by atoms with E-state index in [1.807, 2.05) is 0 Å². The summed E-state index contributed by atoms with van der Waals surface area (Å²) in [5, 5.41) is 9.78. The van der Waals surface area contributed by atoms with Crippen LogP contribution in [0.1, 0.15) is 12.0 Å². The minimum absolute atomic E-state index is 0.00389. The Hall–Kier alpha value is -2.71. The van der Waals surface area contributed by atoms with E-state index in [1.54, 1.807) is 18.2 Å². The number of nitrogens with zero attached hydrogens (tertiary/aromatic N) is 1.